The maximum atomic E-state index is 10.3. The maximum Gasteiger partial charge on any atom is 0.121 e. The summed E-state index contributed by atoms with van der Waals surface area (Å²) in [5.74, 6) is 0.658. The highest BCUT2D eigenvalue weighted by Crippen LogP contribution is 2.29. The molecule has 1 saturated carbocycles. The Morgan fingerprint density at radius 2 is 2.10 bits per heavy atom. The van der Waals surface area contributed by atoms with Crippen molar-refractivity contribution in [1.29, 1.82) is 0 Å². The second kappa shape index (κ2) is 7.11. The van der Waals surface area contributed by atoms with E-state index < -0.39 is 11.7 Å². The number of hydrogen-bond acceptors (Lipinski definition) is 5. The Morgan fingerprint density at radius 3 is 2.76 bits per heavy atom. The number of likely N-dealkylation sites (N-methyl/N-ethyl adjacent to an activating group) is 1. The van der Waals surface area contributed by atoms with Crippen molar-refractivity contribution in [2.45, 2.75) is 37.4 Å². The van der Waals surface area contributed by atoms with E-state index in [1.807, 2.05) is 24.1 Å². The number of nitrogens with two attached hydrogens (primary N) is 1. The van der Waals surface area contributed by atoms with Crippen molar-refractivity contribution in [2.75, 3.05) is 32.5 Å². The van der Waals surface area contributed by atoms with E-state index in [1.165, 1.54) is 0 Å². The Bertz CT molecular complexity index is 447. The normalized spacial score (nSPS) is 18.9. The van der Waals surface area contributed by atoms with Gasteiger partial charge in [-0.25, -0.2) is 0 Å². The van der Waals surface area contributed by atoms with Crippen LogP contribution in [0.2, 0.25) is 0 Å². The van der Waals surface area contributed by atoms with Gasteiger partial charge in [-0.05, 0) is 32.0 Å². The van der Waals surface area contributed by atoms with Crippen molar-refractivity contribution in [3.63, 3.8) is 0 Å². The monoisotopic (exact) mass is 294 g/mol. The summed E-state index contributed by atoms with van der Waals surface area (Å²) in [6.45, 7) is 1.29. The molecule has 1 aromatic carbocycles. The highest BCUT2D eigenvalue weighted by molar-refractivity contribution is 5.43. The number of hydrogen-bond donors (Lipinski definition) is 3. The lowest BCUT2D eigenvalue weighted by Crippen LogP contribution is -2.43. The molecule has 1 fully saturated rings. The summed E-state index contributed by atoms with van der Waals surface area (Å²) in [5, 5.41) is 20.4. The van der Waals surface area contributed by atoms with E-state index >= 15 is 0 Å². The molecule has 0 radical (unpaired) electrons. The van der Waals surface area contributed by atoms with Crippen LogP contribution in [0.4, 0.5) is 5.69 Å². The van der Waals surface area contributed by atoms with E-state index in [9.17, 15) is 10.2 Å². The molecule has 4 N–H and O–H groups in total. The van der Waals surface area contributed by atoms with Gasteiger partial charge in [-0.1, -0.05) is 18.9 Å². The number of nitrogens with zero attached hydrogens (tertiary/aromatic N) is 1. The Labute approximate surface area is 126 Å². The summed E-state index contributed by atoms with van der Waals surface area (Å²) < 4.78 is 5.53. The van der Waals surface area contributed by atoms with Crippen molar-refractivity contribution in [3.05, 3.63) is 24.3 Å². The topological polar surface area (TPSA) is 79.0 Å². The smallest absolute Gasteiger partial charge is 0.121 e. The highest BCUT2D eigenvalue weighted by Gasteiger charge is 2.32. The first-order valence-electron chi connectivity index (χ1n) is 7.54. The number of aliphatic hydroxyl groups excluding tert-OH is 1. The van der Waals surface area contributed by atoms with Crippen LogP contribution < -0.4 is 10.5 Å². The average Bonchev–Trinajstić information content (AvgIpc) is 2.82. The SMILES string of the molecule is CN(CC(O)COc1cccc(N)c1)CC1(O)CCCC1. The second-order valence-corrected chi connectivity index (χ2v) is 6.17. The van der Waals surface area contributed by atoms with Gasteiger partial charge in [0.2, 0.25) is 0 Å². The first-order valence-corrected chi connectivity index (χ1v) is 7.54. The lowest BCUT2D eigenvalue weighted by Gasteiger charge is -2.29. The third-order valence-corrected chi connectivity index (χ3v) is 3.92. The molecule has 1 aromatic rings. The van der Waals surface area contributed by atoms with Crippen molar-refractivity contribution >= 4 is 5.69 Å². The quantitative estimate of drug-likeness (QED) is 0.660. The minimum absolute atomic E-state index is 0.215. The number of nitrogen functional groups attached to an aromatic ring is 1. The van der Waals surface area contributed by atoms with Gasteiger partial charge in [0.25, 0.3) is 0 Å². The van der Waals surface area contributed by atoms with Crippen LogP contribution in [0.25, 0.3) is 0 Å². The largest absolute Gasteiger partial charge is 0.491 e. The van der Waals surface area contributed by atoms with Gasteiger partial charge in [0.05, 0.1) is 5.60 Å². The van der Waals surface area contributed by atoms with Crippen LogP contribution >= 0.6 is 0 Å². The molecule has 0 heterocycles. The average molecular weight is 294 g/mol. The van der Waals surface area contributed by atoms with Crippen LogP contribution in [0.5, 0.6) is 5.75 Å². The lowest BCUT2D eigenvalue weighted by molar-refractivity contribution is -0.000531. The van der Waals surface area contributed by atoms with Gasteiger partial charge in [0.1, 0.15) is 18.5 Å². The van der Waals surface area contributed by atoms with Crippen molar-refractivity contribution in [2.24, 2.45) is 0 Å². The molecule has 0 aromatic heterocycles. The van der Waals surface area contributed by atoms with Gasteiger partial charge in [-0.3, -0.25) is 0 Å². The fourth-order valence-electron chi connectivity index (χ4n) is 2.97. The molecule has 1 aliphatic rings. The molecule has 0 aliphatic heterocycles. The van der Waals surface area contributed by atoms with E-state index in [-0.39, 0.29) is 6.61 Å². The first kappa shape index (κ1) is 16.1. The first-order chi connectivity index (χ1) is 9.97. The van der Waals surface area contributed by atoms with Crippen LogP contribution in [0.15, 0.2) is 24.3 Å². The molecule has 5 nitrogen and oxygen atoms in total. The van der Waals surface area contributed by atoms with Crippen molar-refractivity contribution in [1.82, 2.24) is 4.90 Å². The highest BCUT2D eigenvalue weighted by atomic mass is 16.5. The molecule has 0 spiro atoms. The maximum absolute atomic E-state index is 10.3. The van der Waals surface area contributed by atoms with Gasteiger partial charge < -0.3 is 25.6 Å². The van der Waals surface area contributed by atoms with Gasteiger partial charge in [-0.2, -0.15) is 0 Å². The Kier molecular flexibility index (Phi) is 5.45. The van der Waals surface area contributed by atoms with Gasteiger partial charge in [-0.15, -0.1) is 0 Å². The third kappa shape index (κ3) is 5.19. The molecule has 0 saturated heterocycles. The van der Waals surface area contributed by atoms with Crippen molar-refractivity contribution < 1.29 is 14.9 Å². The van der Waals surface area contributed by atoms with Gasteiger partial charge >= 0.3 is 0 Å². The number of anilines is 1. The number of ether oxygens (including phenoxy) is 1. The molecule has 1 aliphatic carbocycles. The molecule has 1 unspecified atom stereocenters. The molecule has 0 bridgehead atoms. The Morgan fingerprint density at radius 1 is 1.38 bits per heavy atom. The van der Waals surface area contributed by atoms with E-state index in [0.29, 0.717) is 24.5 Å². The van der Waals surface area contributed by atoms with Crippen LogP contribution in [0, 0.1) is 0 Å². The van der Waals surface area contributed by atoms with Gasteiger partial charge in [0, 0.05) is 24.8 Å². The van der Waals surface area contributed by atoms with E-state index in [0.717, 1.165) is 25.7 Å². The Hall–Kier alpha value is -1.30. The Balaban J connectivity index is 1.72. The number of rotatable bonds is 7. The zero-order chi connectivity index (χ0) is 15.3. The molecule has 21 heavy (non-hydrogen) atoms. The molecule has 2 rings (SSSR count). The molecule has 5 heteroatoms. The molecular formula is C16H26N2O3. The minimum Gasteiger partial charge on any atom is -0.491 e. The van der Waals surface area contributed by atoms with Crippen LogP contribution in [-0.2, 0) is 0 Å². The summed E-state index contributed by atoms with van der Waals surface area (Å²) in [7, 11) is 1.92. The lowest BCUT2D eigenvalue weighted by atomic mass is 10.0. The molecular weight excluding hydrogens is 268 g/mol. The predicted octanol–water partition coefficient (Wildman–Crippen LogP) is 1.25. The molecule has 0 amide bonds. The van der Waals surface area contributed by atoms with Crippen molar-refractivity contribution in [3.8, 4) is 5.75 Å². The number of benzene rings is 1. The summed E-state index contributed by atoms with van der Waals surface area (Å²) >= 11 is 0. The summed E-state index contributed by atoms with van der Waals surface area (Å²) in [4.78, 5) is 1.97. The zero-order valence-electron chi connectivity index (χ0n) is 12.7. The number of aliphatic hydroxyl groups is 2. The second-order valence-electron chi connectivity index (χ2n) is 6.17. The van der Waals surface area contributed by atoms with Crippen LogP contribution in [-0.4, -0.2) is 53.6 Å². The summed E-state index contributed by atoms with van der Waals surface area (Å²) in [5.41, 5.74) is 5.73. The van der Waals surface area contributed by atoms with Crippen LogP contribution in [0.3, 0.4) is 0 Å². The van der Waals surface area contributed by atoms with Crippen LogP contribution in [0.1, 0.15) is 25.7 Å². The zero-order valence-corrected chi connectivity index (χ0v) is 12.7. The third-order valence-electron chi connectivity index (χ3n) is 3.92. The molecule has 1 atom stereocenters. The fraction of sp³-hybridized carbons (Fsp3) is 0.625. The standard InChI is InChI=1S/C16H26N2O3/c1-18(12-16(20)7-2-3-8-16)10-14(19)11-21-15-6-4-5-13(17)9-15/h4-6,9,14,19-20H,2-3,7-8,10-12,17H2,1H3. The van der Waals surface area contributed by atoms with E-state index in [4.69, 9.17) is 10.5 Å². The van der Waals surface area contributed by atoms with E-state index in [1.54, 1.807) is 12.1 Å². The summed E-state index contributed by atoms with van der Waals surface area (Å²) in [6, 6.07) is 7.16. The van der Waals surface area contributed by atoms with E-state index in [2.05, 4.69) is 0 Å². The molecule has 118 valence electrons. The minimum atomic E-state index is -0.596. The predicted molar refractivity (Wildman–Crippen MR) is 83.3 cm³/mol. The van der Waals surface area contributed by atoms with Gasteiger partial charge in [0.15, 0.2) is 0 Å². The fourth-order valence-corrected chi connectivity index (χ4v) is 2.97. The summed E-state index contributed by atoms with van der Waals surface area (Å²) in [6.07, 6.45) is 3.29.